The van der Waals surface area contributed by atoms with Crippen molar-refractivity contribution in [2.75, 3.05) is 0 Å². The monoisotopic (exact) mass is 102 g/mol. The zero-order valence-electron chi connectivity index (χ0n) is 3.93. The van der Waals surface area contributed by atoms with Crippen LogP contribution in [0.3, 0.4) is 0 Å². The van der Waals surface area contributed by atoms with E-state index in [2.05, 4.69) is 7.85 Å². The second-order valence-corrected chi connectivity index (χ2v) is 0.338. The molecule has 0 unspecified atom stereocenters. The second-order valence-electron chi connectivity index (χ2n) is 0.338. The Balaban J connectivity index is -0.0000000450. The maximum atomic E-state index is 8.78. The van der Waals surface area contributed by atoms with E-state index in [0.29, 0.717) is 0 Å². The van der Waals surface area contributed by atoms with Crippen LogP contribution in [0, 0.1) is 0 Å². The molecule has 0 fully saturated rings. The molecule has 0 aromatic carbocycles. The van der Waals surface area contributed by atoms with Crippen LogP contribution in [0.2, 0.25) is 0 Å². The van der Waals surface area contributed by atoms with Crippen LogP contribution in [-0.2, 0) is 0 Å². The molecule has 0 aliphatic heterocycles. The van der Waals surface area contributed by atoms with Crippen molar-refractivity contribution in [3.63, 3.8) is 0 Å². The quantitative estimate of drug-likeness (QED) is 0.309. The molecular weight excluding hydrogens is 101 g/mol. The number of hydrogen-bond acceptors (Lipinski definition) is 1. The Hall–Kier alpha value is 1.53. The van der Waals surface area contributed by atoms with Gasteiger partial charge in [0, 0.05) is 0 Å². The Morgan fingerprint density at radius 3 is 1.50 bits per heavy atom. The minimum atomic E-state index is -1.33. The minimum Gasteiger partial charge on any atom is -0.490 e. The summed E-state index contributed by atoms with van der Waals surface area (Å²) in [7, 11) is 4.03. The maximum absolute atomic E-state index is 8.78. The number of rotatable bonds is 0. The van der Waals surface area contributed by atoms with E-state index in [1.165, 1.54) is 0 Å². The molecule has 0 saturated carbocycles. The van der Waals surface area contributed by atoms with Gasteiger partial charge in [-0.2, -0.15) is 0 Å². The van der Waals surface area contributed by atoms with Crippen molar-refractivity contribution >= 4 is 13.7 Å². The normalized spacial score (nSPS) is 4.00. The van der Waals surface area contributed by atoms with Gasteiger partial charge in [0.25, 0.3) is 0 Å². The molecular formula is CHBNa2O2+2. The summed E-state index contributed by atoms with van der Waals surface area (Å²) in [5, 5.41) is 7.19. The van der Waals surface area contributed by atoms with E-state index in [0.717, 1.165) is 0 Å². The van der Waals surface area contributed by atoms with Crippen LogP contribution in [0.5, 0.6) is 0 Å². The molecule has 2 radical (unpaired) electrons. The van der Waals surface area contributed by atoms with Crippen LogP contribution in [0.1, 0.15) is 0 Å². The molecule has 0 aliphatic rings. The van der Waals surface area contributed by atoms with E-state index < -0.39 is 5.87 Å². The van der Waals surface area contributed by atoms with Crippen molar-refractivity contribution in [2.24, 2.45) is 0 Å². The van der Waals surface area contributed by atoms with E-state index >= 15 is 0 Å². The molecule has 0 saturated heterocycles. The van der Waals surface area contributed by atoms with Crippen LogP contribution < -0.4 is 59.1 Å². The zero-order chi connectivity index (χ0) is 3.58. The predicted molar refractivity (Wildman–Crippen MR) is 13.8 cm³/mol. The summed E-state index contributed by atoms with van der Waals surface area (Å²) in [5.41, 5.74) is 0. The van der Waals surface area contributed by atoms with Gasteiger partial charge in [-0.25, -0.2) is 0 Å². The Bertz CT molecular complexity index is 34.5. The van der Waals surface area contributed by atoms with E-state index in [1.54, 1.807) is 0 Å². The van der Waals surface area contributed by atoms with Crippen molar-refractivity contribution in [1.82, 2.24) is 0 Å². The smallest absolute Gasteiger partial charge is 0.490 e. The van der Waals surface area contributed by atoms with Gasteiger partial charge in [-0.3, -0.25) is 4.79 Å². The summed E-state index contributed by atoms with van der Waals surface area (Å²) in [4.78, 5) is 8.78. The molecule has 0 amide bonds. The zero-order valence-corrected chi connectivity index (χ0v) is 7.93. The molecule has 0 aliphatic carbocycles. The first kappa shape index (κ1) is 15.6. The first-order chi connectivity index (χ1) is 1.73. The van der Waals surface area contributed by atoms with Crippen LogP contribution in [0.25, 0.3) is 0 Å². The Morgan fingerprint density at radius 2 is 1.50 bits per heavy atom. The Labute approximate surface area is 81.7 Å². The summed E-state index contributed by atoms with van der Waals surface area (Å²) in [5.74, 6) is -1.33. The summed E-state index contributed by atoms with van der Waals surface area (Å²) in [6, 6.07) is 0. The maximum Gasteiger partial charge on any atom is 1.00 e. The summed E-state index contributed by atoms with van der Waals surface area (Å²) in [6.07, 6.45) is 0. The largest absolute Gasteiger partial charge is 1.00 e. The van der Waals surface area contributed by atoms with Gasteiger partial charge >= 0.3 is 59.1 Å². The third kappa shape index (κ3) is 48.3. The average Bonchev–Trinajstić information content (AvgIpc) is 0.811. The molecule has 0 heterocycles. The molecule has 0 spiro atoms. The predicted octanol–water partition coefficient (Wildman–Crippen LogP) is -6.16. The van der Waals surface area contributed by atoms with E-state index in [-0.39, 0.29) is 59.1 Å². The second kappa shape index (κ2) is 9.73. The van der Waals surface area contributed by atoms with E-state index in [4.69, 9.17) is 9.90 Å². The minimum absolute atomic E-state index is 0. The summed E-state index contributed by atoms with van der Waals surface area (Å²) >= 11 is 0. The van der Waals surface area contributed by atoms with Gasteiger partial charge in [0.2, 0.25) is 13.7 Å². The standard InChI is InChI=1S/CHBO2.2Na/c2-1(3)4;;/h(H,3,4);;/q;2*+1. The van der Waals surface area contributed by atoms with Crippen LogP contribution in [-0.4, -0.2) is 18.8 Å². The molecule has 0 bridgehead atoms. The SMILES string of the molecule is [B]C(=O)O.[Na+].[Na+]. The molecule has 0 atom stereocenters. The molecule has 5 heteroatoms. The molecule has 6 heavy (non-hydrogen) atoms. The molecule has 0 aromatic heterocycles. The summed E-state index contributed by atoms with van der Waals surface area (Å²) in [6.45, 7) is 0. The van der Waals surface area contributed by atoms with Crippen molar-refractivity contribution in [3.8, 4) is 0 Å². The van der Waals surface area contributed by atoms with Crippen LogP contribution >= 0.6 is 0 Å². The molecule has 20 valence electrons. The topological polar surface area (TPSA) is 37.3 Å². The Morgan fingerprint density at radius 1 is 1.50 bits per heavy atom. The number of hydrogen-bond donors (Lipinski definition) is 1. The van der Waals surface area contributed by atoms with Crippen molar-refractivity contribution < 1.29 is 69.0 Å². The Kier molecular flexibility index (Phi) is 25.4. The molecule has 0 aromatic rings. The van der Waals surface area contributed by atoms with Gasteiger partial charge in [0.1, 0.15) is 0 Å². The third-order valence-corrected chi connectivity index (χ3v) is 0. The van der Waals surface area contributed by atoms with Crippen molar-refractivity contribution in [3.05, 3.63) is 0 Å². The van der Waals surface area contributed by atoms with Crippen molar-refractivity contribution in [2.45, 2.75) is 0 Å². The van der Waals surface area contributed by atoms with E-state index in [1.807, 2.05) is 0 Å². The van der Waals surface area contributed by atoms with Gasteiger partial charge in [0.05, 0.1) is 0 Å². The molecule has 2 nitrogen and oxygen atoms in total. The van der Waals surface area contributed by atoms with Gasteiger partial charge < -0.3 is 5.11 Å². The average molecular weight is 102 g/mol. The fourth-order valence-corrected chi connectivity index (χ4v) is 0. The van der Waals surface area contributed by atoms with Gasteiger partial charge in [-0.05, 0) is 0 Å². The van der Waals surface area contributed by atoms with Gasteiger partial charge in [-0.1, -0.05) is 0 Å². The third-order valence-electron chi connectivity index (χ3n) is 0. The van der Waals surface area contributed by atoms with Crippen LogP contribution in [0.4, 0.5) is 4.79 Å². The van der Waals surface area contributed by atoms with Gasteiger partial charge in [-0.15, -0.1) is 0 Å². The number of carboxylic acid groups (broad SMARTS) is 1. The summed E-state index contributed by atoms with van der Waals surface area (Å²) < 4.78 is 0. The number of carbonyl (C=O) groups is 1. The fraction of sp³-hybridized carbons (Fsp3) is 0. The van der Waals surface area contributed by atoms with Crippen molar-refractivity contribution in [1.29, 1.82) is 0 Å². The fourth-order valence-electron chi connectivity index (χ4n) is 0. The van der Waals surface area contributed by atoms with E-state index in [9.17, 15) is 0 Å². The molecule has 1 N–H and O–H groups in total. The molecule has 0 rings (SSSR count). The first-order valence-corrected chi connectivity index (χ1v) is 0.716. The first-order valence-electron chi connectivity index (χ1n) is 0.716. The van der Waals surface area contributed by atoms with Gasteiger partial charge in [0.15, 0.2) is 0 Å². The van der Waals surface area contributed by atoms with Crippen LogP contribution in [0.15, 0.2) is 0 Å².